The smallest absolute Gasteiger partial charge is 0.318 e. The second-order valence-corrected chi connectivity index (χ2v) is 7.13. The largest absolute Gasteiger partial charge is 0.480 e. The van der Waals surface area contributed by atoms with E-state index in [0.717, 1.165) is 15.1 Å². The summed E-state index contributed by atoms with van der Waals surface area (Å²) in [5.41, 5.74) is 0.658. The van der Waals surface area contributed by atoms with Gasteiger partial charge in [0.2, 0.25) is 10.0 Å². The summed E-state index contributed by atoms with van der Waals surface area (Å²) in [5.74, 6) is -1.33. The molecule has 0 atom stereocenters. The first-order valence-electron chi connectivity index (χ1n) is 7.09. The van der Waals surface area contributed by atoms with Crippen LogP contribution in [0.15, 0.2) is 42.5 Å². The van der Waals surface area contributed by atoms with Crippen molar-refractivity contribution in [3.63, 3.8) is 0 Å². The highest BCUT2D eigenvalue weighted by molar-refractivity contribution is 7.88. The third-order valence-corrected chi connectivity index (χ3v) is 5.14. The van der Waals surface area contributed by atoms with Gasteiger partial charge in [-0.25, -0.2) is 8.42 Å². The molecule has 118 valence electrons. The fourth-order valence-electron chi connectivity index (χ4n) is 2.35. The van der Waals surface area contributed by atoms with Crippen LogP contribution in [0.2, 0.25) is 0 Å². The number of hydrogen-bond acceptors (Lipinski definition) is 3. The van der Waals surface area contributed by atoms with Crippen LogP contribution in [0, 0.1) is 0 Å². The van der Waals surface area contributed by atoms with Crippen LogP contribution in [0.3, 0.4) is 0 Å². The number of sulfonamides is 1. The minimum Gasteiger partial charge on any atom is -0.480 e. The molecule has 5 nitrogen and oxygen atoms in total. The first-order valence-corrected chi connectivity index (χ1v) is 8.70. The van der Waals surface area contributed by atoms with Gasteiger partial charge in [-0.15, -0.1) is 0 Å². The van der Waals surface area contributed by atoms with E-state index >= 15 is 0 Å². The number of carbonyl (C=O) groups is 1. The summed E-state index contributed by atoms with van der Waals surface area (Å²) in [6, 6.07) is 13.2. The highest BCUT2D eigenvalue weighted by atomic mass is 32.2. The molecule has 2 rings (SSSR count). The van der Waals surface area contributed by atoms with Gasteiger partial charge in [-0.1, -0.05) is 49.4 Å². The standard InChI is InChI=1S/C16H19NO4S/c1-2-9-17(11-16(18)19)22(20,21)12-13-7-8-14-5-3-4-6-15(14)10-13/h3-8,10H,2,9,11-12H2,1H3,(H,18,19). The Morgan fingerprint density at radius 2 is 1.82 bits per heavy atom. The Hall–Kier alpha value is -1.92. The Morgan fingerprint density at radius 1 is 1.14 bits per heavy atom. The fraction of sp³-hybridized carbons (Fsp3) is 0.312. The van der Waals surface area contributed by atoms with Gasteiger partial charge < -0.3 is 5.11 Å². The molecule has 0 saturated carbocycles. The van der Waals surface area contributed by atoms with Crippen LogP contribution >= 0.6 is 0 Å². The van der Waals surface area contributed by atoms with Crippen molar-refractivity contribution in [1.29, 1.82) is 0 Å². The molecular formula is C16H19NO4S. The van der Waals surface area contributed by atoms with Crippen molar-refractivity contribution >= 4 is 26.8 Å². The van der Waals surface area contributed by atoms with E-state index in [0.29, 0.717) is 12.0 Å². The molecule has 0 unspecified atom stereocenters. The van der Waals surface area contributed by atoms with E-state index in [9.17, 15) is 13.2 Å². The van der Waals surface area contributed by atoms with E-state index in [-0.39, 0.29) is 12.3 Å². The summed E-state index contributed by atoms with van der Waals surface area (Å²) in [4.78, 5) is 10.9. The SMILES string of the molecule is CCCN(CC(=O)O)S(=O)(=O)Cc1ccc2ccccc2c1. The van der Waals surface area contributed by atoms with Crippen LogP contribution < -0.4 is 0 Å². The summed E-state index contributed by atoms with van der Waals surface area (Å²) in [7, 11) is -3.65. The van der Waals surface area contributed by atoms with Crippen LogP contribution in [0.25, 0.3) is 10.8 Å². The molecule has 0 amide bonds. The van der Waals surface area contributed by atoms with Crippen LogP contribution in [-0.4, -0.2) is 36.9 Å². The molecule has 0 aliphatic heterocycles. The molecule has 0 saturated heterocycles. The predicted octanol–water partition coefficient (Wildman–Crippen LogP) is 2.47. The number of benzene rings is 2. The molecule has 0 radical (unpaired) electrons. The average Bonchev–Trinajstić information content (AvgIpc) is 2.46. The van der Waals surface area contributed by atoms with Gasteiger partial charge in [0, 0.05) is 6.54 Å². The lowest BCUT2D eigenvalue weighted by Gasteiger charge is -2.19. The van der Waals surface area contributed by atoms with E-state index in [1.807, 2.05) is 43.3 Å². The second-order valence-electron chi connectivity index (χ2n) is 5.17. The molecule has 0 aliphatic carbocycles. The zero-order chi connectivity index (χ0) is 16.2. The molecule has 0 aliphatic rings. The zero-order valence-electron chi connectivity index (χ0n) is 12.4. The lowest BCUT2D eigenvalue weighted by Crippen LogP contribution is -2.37. The van der Waals surface area contributed by atoms with E-state index in [2.05, 4.69) is 0 Å². The van der Waals surface area contributed by atoms with Crippen molar-refractivity contribution in [3.05, 3.63) is 48.0 Å². The quantitative estimate of drug-likeness (QED) is 0.850. The maximum atomic E-state index is 12.4. The topological polar surface area (TPSA) is 74.7 Å². The Balaban J connectivity index is 2.26. The maximum Gasteiger partial charge on any atom is 0.318 e. The van der Waals surface area contributed by atoms with Crippen LogP contribution in [0.1, 0.15) is 18.9 Å². The number of nitrogens with zero attached hydrogens (tertiary/aromatic N) is 1. The molecule has 6 heteroatoms. The van der Waals surface area contributed by atoms with Crippen molar-refractivity contribution < 1.29 is 18.3 Å². The number of aliphatic carboxylic acids is 1. The Morgan fingerprint density at radius 3 is 2.45 bits per heavy atom. The minimum atomic E-state index is -3.65. The summed E-state index contributed by atoms with van der Waals surface area (Å²) in [6.07, 6.45) is 0.574. The van der Waals surface area contributed by atoms with Crippen molar-refractivity contribution in [3.8, 4) is 0 Å². The van der Waals surface area contributed by atoms with Crippen molar-refractivity contribution in [1.82, 2.24) is 4.31 Å². The molecule has 0 heterocycles. The van der Waals surface area contributed by atoms with Crippen molar-refractivity contribution in [2.45, 2.75) is 19.1 Å². The van der Waals surface area contributed by atoms with Crippen molar-refractivity contribution in [2.24, 2.45) is 0 Å². The van der Waals surface area contributed by atoms with Crippen molar-refractivity contribution in [2.75, 3.05) is 13.1 Å². The molecular weight excluding hydrogens is 302 g/mol. The first-order chi connectivity index (χ1) is 10.4. The molecule has 1 N–H and O–H groups in total. The molecule has 2 aromatic carbocycles. The van der Waals surface area contributed by atoms with E-state index in [4.69, 9.17) is 5.11 Å². The van der Waals surface area contributed by atoms with Crippen LogP contribution in [0.5, 0.6) is 0 Å². The summed E-state index contributed by atoms with van der Waals surface area (Å²) in [5, 5.41) is 10.9. The van der Waals surface area contributed by atoms with E-state index in [1.54, 1.807) is 6.07 Å². The Kier molecular flexibility index (Phi) is 5.15. The van der Waals surface area contributed by atoms with Gasteiger partial charge in [0.05, 0.1) is 5.75 Å². The van der Waals surface area contributed by atoms with Crippen LogP contribution in [0.4, 0.5) is 0 Å². The predicted molar refractivity (Wildman–Crippen MR) is 86.1 cm³/mol. The number of fused-ring (bicyclic) bond motifs is 1. The fourth-order valence-corrected chi connectivity index (χ4v) is 3.90. The first kappa shape index (κ1) is 16.5. The summed E-state index contributed by atoms with van der Waals surface area (Å²) >= 11 is 0. The van der Waals surface area contributed by atoms with Gasteiger partial charge in [0.15, 0.2) is 0 Å². The molecule has 2 aromatic rings. The molecule has 22 heavy (non-hydrogen) atoms. The van der Waals surface area contributed by atoms with E-state index < -0.39 is 22.5 Å². The average molecular weight is 321 g/mol. The summed E-state index contributed by atoms with van der Waals surface area (Å²) in [6.45, 7) is 1.53. The highest BCUT2D eigenvalue weighted by Gasteiger charge is 2.24. The monoisotopic (exact) mass is 321 g/mol. The van der Waals surface area contributed by atoms with Gasteiger partial charge in [-0.3, -0.25) is 4.79 Å². The zero-order valence-corrected chi connectivity index (χ0v) is 13.2. The lowest BCUT2D eigenvalue weighted by molar-refractivity contribution is -0.137. The number of carboxylic acids is 1. The normalized spacial score (nSPS) is 11.9. The third-order valence-electron chi connectivity index (χ3n) is 3.34. The van der Waals surface area contributed by atoms with E-state index in [1.165, 1.54) is 0 Å². The third kappa shape index (κ3) is 4.05. The van der Waals surface area contributed by atoms with Gasteiger partial charge in [0.25, 0.3) is 0 Å². The minimum absolute atomic E-state index is 0.189. The lowest BCUT2D eigenvalue weighted by atomic mass is 10.1. The Bertz CT molecular complexity index is 771. The Labute approximate surface area is 130 Å². The molecule has 0 fully saturated rings. The van der Waals surface area contributed by atoms with Crippen LogP contribution in [-0.2, 0) is 20.6 Å². The highest BCUT2D eigenvalue weighted by Crippen LogP contribution is 2.18. The van der Waals surface area contributed by atoms with Gasteiger partial charge in [0.1, 0.15) is 6.54 Å². The number of carboxylic acid groups (broad SMARTS) is 1. The van der Waals surface area contributed by atoms with Gasteiger partial charge >= 0.3 is 5.97 Å². The maximum absolute atomic E-state index is 12.4. The van der Waals surface area contributed by atoms with Gasteiger partial charge in [-0.2, -0.15) is 4.31 Å². The molecule has 0 bridgehead atoms. The number of rotatable bonds is 7. The second kappa shape index (κ2) is 6.89. The number of hydrogen-bond donors (Lipinski definition) is 1. The van der Waals surface area contributed by atoms with Gasteiger partial charge in [-0.05, 0) is 22.8 Å². The summed E-state index contributed by atoms with van der Waals surface area (Å²) < 4.78 is 25.9. The molecule has 0 spiro atoms. The molecule has 0 aromatic heterocycles.